The highest BCUT2D eigenvalue weighted by atomic mass is 16.5. The number of hydrogen-bond acceptors (Lipinski definition) is 4. The van der Waals surface area contributed by atoms with Gasteiger partial charge in [0.2, 0.25) is 0 Å². The molecule has 0 aliphatic rings. The van der Waals surface area contributed by atoms with E-state index in [-0.39, 0.29) is 0 Å². The molecule has 0 radical (unpaired) electrons. The van der Waals surface area contributed by atoms with Crippen molar-refractivity contribution in [2.24, 2.45) is 0 Å². The van der Waals surface area contributed by atoms with Gasteiger partial charge in [-0.2, -0.15) is 0 Å². The molecule has 3 aromatic carbocycles. The summed E-state index contributed by atoms with van der Waals surface area (Å²) in [4.78, 5) is 28.5. The third-order valence-electron chi connectivity index (χ3n) is 4.97. The molecule has 0 saturated carbocycles. The van der Waals surface area contributed by atoms with E-state index in [0.29, 0.717) is 16.9 Å². The van der Waals surface area contributed by atoms with E-state index in [1.165, 1.54) is 5.56 Å². The quantitative estimate of drug-likeness (QED) is 0.264. The highest BCUT2D eigenvalue weighted by Crippen LogP contribution is 2.27. The number of rotatable bonds is 4. The lowest BCUT2D eigenvalue weighted by Gasteiger charge is -2.11. The second-order valence-electron chi connectivity index (χ2n) is 6.95. The molecule has 4 aromatic rings. The second-order valence-corrected chi connectivity index (χ2v) is 6.95. The van der Waals surface area contributed by atoms with Gasteiger partial charge in [-0.05, 0) is 67.4 Å². The van der Waals surface area contributed by atoms with Crippen molar-refractivity contribution in [1.82, 2.24) is 4.98 Å². The predicted octanol–water partition coefficient (Wildman–Crippen LogP) is 5.55. The van der Waals surface area contributed by atoms with Crippen LogP contribution < -0.4 is 4.74 Å². The fourth-order valence-corrected chi connectivity index (χ4v) is 3.17. The van der Waals surface area contributed by atoms with Crippen molar-refractivity contribution < 1.29 is 14.3 Å². The summed E-state index contributed by atoms with van der Waals surface area (Å²) in [6.45, 7) is 4.11. The van der Waals surface area contributed by atoms with Gasteiger partial charge >= 0.3 is 5.97 Å². The van der Waals surface area contributed by atoms with E-state index in [2.05, 4.69) is 19.9 Å². The van der Waals surface area contributed by atoms with Crippen molar-refractivity contribution >= 4 is 23.2 Å². The largest absolute Gasteiger partial charge is 0.423 e. The van der Waals surface area contributed by atoms with E-state index >= 15 is 0 Å². The fourth-order valence-electron chi connectivity index (χ4n) is 3.17. The van der Waals surface area contributed by atoms with E-state index in [0.717, 1.165) is 34.0 Å². The van der Waals surface area contributed by atoms with Crippen molar-refractivity contribution in [1.29, 1.82) is 0 Å². The lowest BCUT2D eigenvalue weighted by Crippen LogP contribution is -2.10. The van der Waals surface area contributed by atoms with E-state index in [1.54, 1.807) is 30.3 Å². The molecule has 4 rings (SSSR count). The van der Waals surface area contributed by atoms with Crippen LogP contribution in [0.15, 0.2) is 72.8 Å². The summed E-state index contributed by atoms with van der Waals surface area (Å²) in [7, 11) is 0. The van der Waals surface area contributed by atoms with Crippen LogP contribution in [-0.2, 0) is 0 Å². The highest BCUT2D eigenvalue weighted by molar-refractivity contribution is 6.05. The molecule has 0 atom stereocenters. The van der Waals surface area contributed by atoms with Crippen LogP contribution in [0.3, 0.4) is 0 Å². The zero-order chi connectivity index (χ0) is 20.4. The Morgan fingerprint density at radius 2 is 1.66 bits per heavy atom. The zero-order valence-corrected chi connectivity index (χ0v) is 16.2. The Morgan fingerprint density at radius 1 is 0.897 bits per heavy atom. The molecule has 0 amide bonds. The number of aldehydes is 1. The van der Waals surface area contributed by atoms with Gasteiger partial charge in [0.15, 0.2) is 0 Å². The number of pyridine rings is 1. The monoisotopic (exact) mass is 381 g/mol. The van der Waals surface area contributed by atoms with Gasteiger partial charge in [-0.3, -0.25) is 4.79 Å². The highest BCUT2D eigenvalue weighted by Gasteiger charge is 2.16. The molecule has 4 nitrogen and oxygen atoms in total. The molecular formula is C25H19NO3. The van der Waals surface area contributed by atoms with Crippen LogP contribution in [0.25, 0.3) is 22.2 Å². The van der Waals surface area contributed by atoms with Gasteiger partial charge in [0.1, 0.15) is 12.0 Å². The maximum atomic E-state index is 13.0. The molecule has 29 heavy (non-hydrogen) atoms. The number of fused-ring (bicyclic) bond motifs is 1. The molecule has 0 unspecified atom stereocenters. The fraction of sp³-hybridized carbons (Fsp3) is 0.0800. The number of nitrogens with zero attached hydrogens (tertiary/aromatic N) is 1. The summed E-state index contributed by atoms with van der Waals surface area (Å²) in [5.41, 5.74) is 5.73. The Morgan fingerprint density at radius 3 is 2.38 bits per heavy atom. The van der Waals surface area contributed by atoms with Crippen molar-refractivity contribution in [3.63, 3.8) is 0 Å². The summed E-state index contributed by atoms with van der Waals surface area (Å²) in [6, 6.07) is 21.8. The van der Waals surface area contributed by atoms with Crippen molar-refractivity contribution in [2.45, 2.75) is 13.8 Å². The molecule has 0 aliphatic carbocycles. The van der Waals surface area contributed by atoms with Crippen LogP contribution in [0, 0.1) is 13.8 Å². The lowest BCUT2D eigenvalue weighted by molar-refractivity contribution is 0.0736. The first-order valence-electron chi connectivity index (χ1n) is 9.30. The number of para-hydroxylation sites is 1. The minimum absolute atomic E-state index is 0.384. The summed E-state index contributed by atoms with van der Waals surface area (Å²) in [5, 5.41) is 0.731. The maximum absolute atomic E-state index is 13.0. The minimum atomic E-state index is -0.465. The molecule has 0 bridgehead atoms. The van der Waals surface area contributed by atoms with E-state index in [1.807, 2.05) is 36.4 Å². The number of hydrogen-bond donors (Lipinski definition) is 0. The number of ether oxygens (including phenoxy) is 1. The molecule has 0 fully saturated rings. The molecule has 0 spiro atoms. The number of carbonyl (C=O) groups is 2. The van der Waals surface area contributed by atoms with Crippen LogP contribution >= 0.6 is 0 Å². The third-order valence-corrected chi connectivity index (χ3v) is 4.97. The molecular weight excluding hydrogens is 362 g/mol. The Labute approximate surface area is 168 Å². The molecule has 0 saturated heterocycles. The van der Waals surface area contributed by atoms with Crippen LogP contribution in [0.5, 0.6) is 5.75 Å². The molecule has 0 aliphatic heterocycles. The number of aromatic nitrogens is 1. The van der Waals surface area contributed by atoms with Crippen LogP contribution in [0.1, 0.15) is 31.8 Å². The molecule has 1 aromatic heterocycles. The first kappa shape index (κ1) is 18.6. The smallest absolute Gasteiger partial charge is 0.344 e. The predicted molar refractivity (Wildman–Crippen MR) is 113 cm³/mol. The average molecular weight is 381 g/mol. The number of benzene rings is 3. The number of aryl methyl sites for hydroxylation is 2. The van der Waals surface area contributed by atoms with Crippen molar-refractivity contribution in [2.75, 3.05) is 0 Å². The van der Waals surface area contributed by atoms with Crippen LogP contribution in [0.2, 0.25) is 0 Å². The summed E-state index contributed by atoms with van der Waals surface area (Å²) >= 11 is 0. The van der Waals surface area contributed by atoms with Gasteiger partial charge in [-0.1, -0.05) is 30.3 Å². The molecule has 1 heterocycles. The maximum Gasteiger partial charge on any atom is 0.344 e. The van der Waals surface area contributed by atoms with Crippen LogP contribution in [-0.4, -0.2) is 17.2 Å². The molecule has 4 heteroatoms. The minimum Gasteiger partial charge on any atom is -0.423 e. The van der Waals surface area contributed by atoms with E-state index in [9.17, 15) is 9.59 Å². The normalized spacial score (nSPS) is 10.7. The molecule has 0 N–H and O–H groups in total. The van der Waals surface area contributed by atoms with Crippen LogP contribution in [0.4, 0.5) is 0 Å². The topological polar surface area (TPSA) is 56.3 Å². The number of esters is 1. The average Bonchev–Trinajstić information content (AvgIpc) is 2.75. The van der Waals surface area contributed by atoms with Crippen molar-refractivity contribution in [3.05, 3.63) is 95.1 Å². The summed E-state index contributed by atoms with van der Waals surface area (Å²) in [6.07, 6.45) is 0.748. The lowest BCUT2D eigenvalue weighted by atomic mass is 10.0. The Bertz CT molecular complexity index is 1230. The SMILES string of the molecule is Cc1ccc(-c2cc(C(=O)Oc3ccc(C=O)cc3)c3ccccc3n2)cc1C. The van der Waals surface area contributed by atoms with Gasteiger partial charge in [0, 0.05) is 16.5 Å². The Kier molecular flexibility index (Phi) is 4.92. The van der Waals surface area contributed by atoms with E-state index in [4.69, 9.17) is 9.72 Å². The second kappa shape index (κ2) is 7.68. The summed E-state index contributed by atoms with van der Waals surface area (Å²) in [5.74, 6) is -0.0817. The van der Waals surface area contributed by atoms with Crippen molar-refractivity contribution in [3.8, 4) is 17.0 Å². The van der Waals surface area contributed by atoms with Gasteiger partial charge in [-0.25, -0.2) is 9.78 Å². The Hall–Kier alpha value is -3.79. The zero-order valence-electron chi connectivity index (χ0n) is 16.2. The third kappa shape index (κ3) is 3.78. The van der Waals surface area contributed by atoms with Gasteiger partial charge in [-0.15, -0.1) is 0 Å². The first-order chi connectivity index (χ1) is 14.0. The van der Waals surface area contributed by atoms with Gasteiger partial charge in [0.05, 0.1) is 16.8 Å². The van der Waals surface area contributed by atoms with Gasteiger partial charge in [0.25, 0.3) is 0 Å². The summed E-state index contributed by atoms with van der Waals surface area (Å²) < 4.78 is 5.56. The standard InChI is InChI=1S/C25H19NO3/c1-16-7-10-19(13-17(16)2)24-14-22(21-5-3-4-6-23(21)26-24)25(28)29-20-11-8-18(15-27)9-12-20/h3-15H,1-2H3. The first-order valence-corrected chi connectivity index (χ1v) is 9.30. The number of carbonyl (C=O) groups excluding carboxylic acids is 2. The van der Waals surface area contributed by atoms with Gasteiger partial charge < -0.3 is 4.74 Å². The Balaban J connectivity index is 1.78. The van der Waals surface area contributed by atoms with E-state index < -0.39 is 5.97 Å². The molecule has 142 valence electrons.